The van der Waals surface area contributed by atoms with Gasteiger partial charge in [0.25, 0.3) is 0 Å². The number of carbonyl (C=O) groups excluding carboxylic acids is 6. The van der Waals surface area contributed by atoms with E-state index in [0.717, 1.165) is 21.6 Å². The number of esters is 1. The smallest absolute Gasteiger partial charge is 0.327 e. The predicted molar refractivity (Wildman–Crippen MR) is 220 cm³/mol. The number of unbranched alkanes of at least 4 members (excludes halogenated alkanes) is 1. The van der Waals surface area contributed by atoms with Gasteiger partial charge in [-0.25, -0.2) is 19.2 Å². The molecule has 0 radical (unpaired) electrons. The van der Waals surface area contributed by atoms with Crippen molar-refractivity contribution < 1.29 is 84.4 Å². The van der Waals surface area contributed by atoms with Crippen molar-refractivity contribution in [3.05, 3.63) is 29.8 Å². The number of aliphatic carboxylic acids is 5. The summed E-state index contributed by atoms with van der Waals surface area (Å²) in [5, 5.41) is 60.7. The molecule has 4 atom stereocenters. The number of benzene rings is 1. The van der Waals surface area contributed by atoms with Gasteiger partial charge in [-0.3, -0.25) is 33.6 Å². The number of nitrogens with one attached hydrogen (secondary N) is 6. The molecule has 0 unspecified atom stereocenters. The van der Waals surface area contributed by atoms with Crippen LogP contribution in [-0.2, 0) is 54.3 Å². The van der Waals surface area contributed by atoms with Crippen LogP contribution in [0.1, 0.15) is 56.9 Å². The molecule has 0 saturated heterocycles. The third-order valence-electron chi connectivity index (χ3n) is 8.09. The summed E-state index contributed by atoms with van der Waals surface area (Å²) in [4.78, 5) is 132. The molecule has 344 valence electrons. The minimum atomic E-state index is -1.69. The lowest BCUT2D eigenvalue weighted by Crippen LogP contribution is -2.48. The molecule has 13 N–H and O–H groups in total. The Labute approximate surface area is 363 Å². The molecular weight excluding hydrogens is 867 g/mol. The summed E-state index contributed by atoms with van der Waals surface area (Å²) < 4.78 is 11.6. The zero-order valence-electron chi connectivity index (χ0n) is 34.2. The predicted octanol–water partition coefficient (Wildman–Crippen LogP) is -0.400. The number of hydrogen-bond acceptors (Lipinski definition) is 15. The van der Waals surface area contributed by atoms with Crippen LogP contribution in [0.5, 0.6) is 0 Å². The summed E-state index contributed by atoms with van der Waals surface area (Å²) in [6, 6.07) is 0.0189. The maximum atomic E-state index is 13.2. The van der Waals surface area contributed by atoms with Gasteiger partial charge in [-0.2, -0.15) is 0 Å². The number of ketones is 1. The van der Waals surface area contributed by atoms with Crippen LogP contribution in [0.25, 0.3) is 0 Å². The highest BCUT2D eigenvalue weighted by Gasteiger charge is 2.32. The lowest BCUT2D eigenvalue weighted by molar-refractivity contribution is -0.145. The van der Waals surface area contributed by atoms with E-state index in [9.17, 15) is 73.2 Å². The Hall–Kier alpha value is -6.15. The zero-order valence-corrected chi connectivity index (χ0v) is 34.8. The Morgan fingerprint density at radius 2 is 1.34 bits per heavy atom. The van der Waals surface area contributed by atoms with Crippen molar-refractivity contribution in [1.82, 2.24) is 26.6 Å². The molecule has 6 amide bonds. The summed E-state index contributed by atoms with van der Waals surface area (Å²) in [6.45, 7) is -0.173. The molecule has 62 heavy (non-hydrogen) atoms. The second-order valence-corrected chi connectivity index (χ2v) is 15.8. The number of carboxylic acid groups (broad SMARTS) is 5. The lowest BCUT2D eigenvalue weighted by Gasteiger charge is -2.21. The van der Waals surface area contributed by atoms with Crippen molar-refractivity contribution in [2.45, 2.75) is 75.9 Å². The molecule has 0 fully saturated rings. The minimum absolute atomic E-state index is 0.0398. The Balaban J connectivity index is 2.69. The first-order valence-electron chi connectivity index (χ1n) is 19.3. The van der Waals surface area contributed by atoms with Crippen molar-refractivity contribution in [1.29, 1.82) is 0 Å². The second kappa shape index (κ2) is 30.0. The molecule has 0 aliphatic heterocycles. The van der Waals surface area contributed by atoms with E-state index in [4.69, 9.17) is 11.3 Å². The van der Waals surface area contributed by atoms with E-state index in [1.54, 1.807) is 0 Å². The molecule has 0 heterocycles. The van der Waals surface area contributed by atoms with Gasteiger partial charge in [0.1, 0.15) is 20.1 Å². The van der Waals surface area contributed by atoms with Crippen molar-refractivity contribution in [2.75, 3.05) is 43.1 Å². The normalized spacial score (nSPS) is 12.7. The molecule has 0 aromatic heterocycles. The van der Waals surface area contributed by atoms with Gasteiger partial charge in [-0.15, -0.1) is 0 Å². The molecule has 0 aliphatic rings. The molecule has 1 aromatic rings. The maximum Gasteiger partial charge on any atom is 0.327 e. The SMILES string of the molecule is [2H]NCC(=O)OCCSSC[C@H](NC(=O)[C@H](CC(=O)O)CC(=O)[C@H](CC(=O)O)NC(=O)Cc1ccc(NC(=O)NCCCC[C@H](NC(=O)NCCCC(=O)O)C(=O)O)cc1)C(=O)O. The number of carboxylic acids is 5. The summed E-state index contributed by atoms with van der Waals surface area (Å²) in [5.41, 5.74) is 2.55. The van der Waals surface area contributed by atoms with Crippen LogP contribution in [0.3, 0.4) is 0 Å². The average Bonchev–Trinajstić information content (AvgIpc) is 3.19. The van der Waals surface area contributed by atoms with Gasteiger partial charge in [0.05, 0.1) is 37.8 Å². The van der Waals surface area contributed by atoms with Crippen LogP contribution in [-0.4, -0.2) is 147 Å². The van der Waals surface area contributed by atoms with Crippen LogP contribution in [0, 0.1) is 5.92 Å². The molecule has 0 spiro atoms. The lowest BCUT2D eigenvalue weighted by atomic mass is 9.93. The average molecular weight is 919 g/mol. The highest BCUT2D eigenvalue weighted by atomic mass is 33.1. The van der Waals surface area contributed by atoms with Gasteiger partial charge in [0.2, 0.25) is 11.8 Å². The Bertz CT molecular complexity index is 1760. The summed E-state index contributed by atoms with van der Waals surface area (Å²) in [5.74, 6) is -12.0. The van der Waals surface area contributed by atoms with E-state index in [1.165, 1.54) is 24.3 Å². The van der Waals surface area contributed by atoms with Gasteiger partial charge in [-0.1, -0.05) is 33.7 Å². The number of urea groups is 2. The van der Waals surface area contributed by atoms with E-state index < -0.39 is 109 Å². The number of anilines is 1. The maximum absolute atomic E-state index is 13.2. The van der Waals surface area contributed by atoms with Crippen LogP contribution in [0.2, 0.25) is 1.41 Å². The Morgan fingerprint density at radius 3 is 1.95 bits per heavy atom. The van der Waals surface area contributed by atoms with Gasteiger partial charge in [0, 0.05) is 43.1 Å². The van der Waals surface area contributed by atoms with Gasteiger partial charge < -0.3 is 67.9 Å². The largest absolute Gasteiger partial charge is 0.481 e. The van der Waals surface area contributed by atoms with Crippen molar-refractivity contribution in [2.24, 2.45) is 11.6 Å². The van der Waals surface area contributed by atoms with E-state index in [0.29, 0.717) is 24.1 Å². The van der Waals surface area contributed by atoms with E-state index >= 15 is 0 Å². The standard InChI is InChI=1S/C36H51N7O17S2/c37-18-31(52)60-12-13-61-62-19-25(34(56)57)42-32(53)21(16-29(48)49)15-26(44)24(17-30(50)51)41-27(45)14-20-6-8-22(9-7-20)40-35(58)38-10-2-1-4-23(33(54)55)43-36(59)39-11-3-5-28(46)47/h6-9,21,23-25H,1-5,10-19,37H2,(H,41,45)(H,42,53)(H,46,47)(H,48,49)(H,50,51)(H,54,55)(H,56,57)(H2,38,40,58)(H2,39,43,59)/t21-,23-,24-,25-/m0/s1/i/hD. The molecule has 1 aromatic carbocycles. The summed E-state index contributed by atoms with van der Waals surface area (Å²) in [6.07, 6.45) is -2.34. The molecule has 0 bridgehead atoms. The highest BCUT2D eigenvalue weighted by molar-refractivity contribution is 8.76. The molecule has 0 saturated carbocycles. The number of nitrogens with two attached hydrogens (primary N) is 1. The topological polar surface area (TPSA) is 396 Å². The van der Waals surface area contributed by atoms with Crippen LogP contribution in [0.15, 0.2) is 24.3 Å². The third-order valence-corrected chi connectivity index (χ3v) is 10.5. The first kappa shape index (κ1) is 52.0. The number of amides is 6. The monoisotopic (exact) mass is 918 g/mol. The zero-order chi connectivity index (χ0) is 47.3. The van der Waals surface area contributed by atoms with E-state index in [-0.39, 0.29) is 63.4 Å². The molecule has 26 heteroatoms. The van der Waals surface area contributed by atoms with Crippen LogP contribution in [0.4, 0.5) is 15.3 Å². The van der Waals surface area contributed by atoms with Gasteiger partial charge >= 0.3 is 47.9 Å². The fourth-order valence-electron chi connectivity index (χ4n) is 5.05. The van der Waals surface area contributed by atoms with Crippen molar-refractivity contribution >= 4 is 92.8 Å². The number of Topliss-reactive ketones (excluding diaryl/α,β-unsaturated/α-hetero) is 1. The third kappa shape index (κ3) is 24.8. The van der Waals surface area contributed by atoms with Crippen molar-refractivity contribution in [3.8, 4) is 0 Å². The highest BCUT2D eigenvalue weighted by Crippen LogP contribution is 2.22. The van der Waals surface area contributed by atoms with E-state index in [1.807, 2.05) is 5.73 Å². The molecular formula is C36H51N7O17S2. The first-order valence-corrected chi connectivity index (χ1v) is 21.3. The van der Waals surface area contributed by atoms with Crippen LogP contribution >= 0.6 is 21.6 Å². The summed E-state index contributed by atoms with van der Waals surface area (Å²) >= 11 is 0. The Kier molecular flexibility index (Phi) is 25.1. The second-order valence-electron chi connectivity index (χ2n) is 13.1. The number of carbonyl (C=O) groups is 11. The Morgan fingerprint density at radius 1 is 0.694 bits per heavy atom. The molecule has 1 rings (SSSR count). The summed E-state index contributed by atoms with van der Waals surface area (Å²) in [7, 11) is 2.10. The minimum Gasteiger partial charge on any atom is -0.481 e. The van der Waals surface area contributed by atoms with E-state index in [2.05, 4.69) is 31.9 Å². The van der Waals surface area contributed by atoms with Crippen molar-refractivity contribution in [3.63, 3.8) is 0 Å². The fourth-order valence-corrected chi connectivity index (χ4v) is 7.03. The number of hydrogen-bond donors (Lipinski definition) is 12. The fraction of sp³-hybridized carbons (Fsp3) is 0.528. The first-order chi connectivity index (χ1) is 29.8. The van der Waals surface area contributed by atoms with Gasteiger partial charge in [0.15, 0.2) is 5.78 Å². The number of ether oxygens (including phenoxy) is 1. The molecule has 0 aliphatic carbocycles. The molecule has 24 nitrogen and oxygen atoms in total. The van der Waals surface area contributed by atoms with Gasteiger partial charge in [-0.05, 0) is 43.4 Å². The number of rotatable bonds is 33. The quantitative estimate of drug-likeness (QED) is 0.0242. The van der Waals surface area contributed by atoms with Crippen LogP contribution < -0.4 is 37.6 Å².